The summed E-state index contributed by atoms with van der Waals surface area (Å²) in [6.07, 6.45) is 0.187. The van der Waals surface area contributed by atoms with E-state index in [0.29, 0.717) is 18.7 Å². The first-order chi connectivity index (χ1) is 9.97. The van der Waals surface area contributed by atoms with Crippen LogP contribution in [0.5, 0.6) is 0 Å². The van der Waals surface area contributed by atoms with Crippen molar-refractivity contribution in [3.8, 4) is 6.07 Å². The molecule has 0 aliphatic carbocycles. The Bertz CT molecular complexity index is 549. The molecule has 112 valence electrons. The maximum Gasteiger partial charge on any atom is 0.303 e. The lowest BCUT2D eigenvalue weighted by molar-refractivity contribution is -0.138. The van der Waals surface area contributed by atoms with Gasteiger partial charge in [0.2, 0.25) is 5.91 Å². The molecule has 0 heterocycles. The van der Waals surface area contributed by atoms with E-state index in [2.05, 4.69) is 6.07 Å². The second-order valence-electron chi connectivity index (χ2n) is 5.08. The van der Waals surface area contributed by atoms with E-state index >= 15 is 0 Å². The highest BCUT2D eigenvalue weighted by molar-refractivity contribution is 5.77. The highest BCUT2D eigenvalue weighted by Crippen LogP contribution is 2.14. The van der Waals surface area contributed by atoms with Crippen molar-refractivity contribution in [3.05, 3.63) is 35.4 Å². The number of amides is 1. The topological polar surface area (TPSA) is 81.4 Å². The normalized spacial score (nSPS) is 11.5. The van der Waals surface area contributed by atoms with Gasteiger partial charge in [-0.15, -0.1) is 0 Å². The van der Waals surface area contributed by atoms with Crippen molar-refractivity contribution in [1.29, 1.82) is 5.26 Å². The summed E-state index contributed by atoms with van der Waals surface area (Å²) in [5.74, 6) is -1.18. The van der Waals surface area contributed by atoms with Gasteiger partial charge < -0.3 is 10.0 Å². The number of carboxylic acid groups (broad SMARTS) is 1. The predicted octanol–water partition coefficient (Wildman–Crippen LogP) is 2.41. The van der Waals surface area contributed by atoms with Crippen LogP contribution < -0.4 is 0 Å². The summed E-state index contributed by atoms with van der Waals surface area (Å²) in [5, 5.41) is 17.8. The van der Waals surface area contributed by atoms with E-state index < -0.39 is 5.97 Å². The molecule has 0 fully saturated rings. The highest BCUT2D eigenvalue weighted by atomic mass is 16.4. The fourth-order valence-corrected chi connectivity index (χ4v) is 2.15. The smallest absolute Gasteiger partial charge is 0.303 e. The number of benzene rings is 1. The molecular weight excluding hydrogens is 268 g/mol. The van der Waals surface area contributed by atoms with Crippen molar-refractivity contribution >= 4 is 11.9 Å². The number of carboxylic acids is 1. The molecule has 0 saturated carbocycles. The third-order valence-electron chi connectivity index (χ3n) is 3.28. The summed E-state index contributed by atoms with van der Waals surface area (Å²) in [6, 6.07) is 9.29. The summed E-state index contributed by atoms with van der Waals surface area (Å²) < 4.78 is 0. The minimum absolute atomic E-state index is 0.0158. The van der Waals surface area contributed by atoms with Crippen LogP contribution in [0.1, 0.15) is 37.8 Å². The van der Waals surface area contributed by atoms with Crippen LogP contribution in [-0.4, -0.2) is 28.4 Å². The molecule has 1 N–H and O–H groups in total. The van der Waals surface area contributed by atoms with Crippen molar-refractivity contribution in [2.75, 3.05) is 6.54 Å². The Morgan fingerprint density at radius 1 is 1.33 bits per heavy atom. The number of carbonyl (C=O) groups is 2. The Labute approximate surface area is 124 Å². The Balaban J connectivity index is 2.72. The quantitative estimate of drug-likeness (QED) is 0.835. The first-order valence-corrected chi connectivity index (χ1v) is 6.95. The van der Waals surface area contributed by atoms with Crippen LogP contribution in [-0.2, 0) is 16.1 Å². The van der Waals surface area contributed by atoms with Gasteiger partial charge in [0.1, 0.15) is 0 Å². The molecule has 0 aromatic heterocycles. The second-order valence-corrected chi connectivity index (χ2v) is 5.08. The average Bonchev–Trinajstić information content (AvgIpc) is 2.43. The van der Waals surface area contributed by atoms with Gasteiger partial charge in [0.25, 0.3) is 0 Å². The molecule has 21 heavy (non-hydrogen) atoms. The Morgan fingerprint density at radius 2 is 2.00 bits per heavy atom. The van der Waals surface area contributed by atoms with E-state index in [9.17, 15) is 9.59 Å². The SMILES string of the molecule is CCN(Cc1ccccc1C#N)C(=O)CC(C)CC(=O)O. The molecule has 0 bridgehead atoms. The van der Waals surface area contributed by atoms with E-state index in [0.717, 1.165) is 5.56 Å². The summed E-state index contributed by atoms with van der Waals surface area (Å²) in [7, 11) is 0. The third kappa shape index (κ3) is 5.27. The summed E-state index contributed by atoms with van der Waals surface area (Å²) >= 11 is 0. The van der Waals surface area contributed by atoms with E-state index in [4.69, 9.17) is 10.4 Å². The fourth-order valence-electron chi connectivity index (χ4n) is 2.15. The standard InChI is InChI=1S/C16H20N2O3/c1-3-18(15(19)8-12(2)9-16(20)21)11-14-7-5-4-6-13(14)10-17/h4-7,12H,3,8-9,11H2,1-2H3,(H,20,21). The Hall–Kier alpha value is -2.35. The zero-order chi connectivity index (χ0) is 15.8. The third-order valence-corrected chi connectivity index (χ3v) is 3.28. The van der Waals surface area contributed by atoms with E-state index in [1.165, 1.54) is 0 Å². The molecule has 0 spiro atoms. The number of aliphatic carboxylic acids is 1. The zero-order valence-corrected chi connectivity index (χ0v) is 12.4. The Kier molecular flexibility index (Phi) is 6.41. The number of nitrogens with zero attached hydrogens (tertiary/aromatic N) is 2. The second kappa shape index (κ2) is 8.05. The molecule has 0 saturated heterocycles. The average molecular weight is 288 g/mol. The first kappa shape index (κ1) is 16.7. The van der Waals surface area contributed by atoms with Gasteiger partial charge in [-0.25, -0.2) is 0 Å². The molecule has 1 unspecified atom stereocenters. The number of carbonyl (C=O) groups excluding carboxylic acids is 1. The molecule has 0 radical (unpaired) electrons. The van der Waals surface area contributed by atoms with Crippen LogP contribution in [0.25, 0.3) is 0 Å². The summed E-state index contributed by atoms with van der Waals surface area (Å²) in [6.45, 7) is 4.52. The fraction of sp³-hybridized carbons (Fsp3) is 0.438. The van der Waals surface area contributed by atoms with Crippen molar-refractivity contribution in [2.45, 2.75) is 33.2 Å². The molecule has 1 atom stereocenters. The lowest BCUT2D eigenvalue weighted by Crippen LogP contribution is -2.32. The van der Waals surface area contributed by atoms with E-state index in [1.807, 2.05) is 19.1 Å². The molecule has 1 rings (SSSR count). The maximum atomic E-state index is 12.2. The van der Waals surface area contributed by atoms with Crippen LogP contribution in [0, 0.1) is 17.2 Å². The summed E-state index contributed by atoms with van der Waals surface area (Å²) in [5.41, 5.74) is 1.36. The predicted molar refractivity (Wildman–Crippen MR) is 78.3 cm³/mol. The van der Waals surface area contributed by atoms with Crippen LogP contribution in [0.4, 0.5) is 0 Å². The molecular formula is C16H20N2O3. The maximum absolute atomic E-state index is 12.2. The van der Waals surface area contributed by atoms with Crippen LogP contribution in [0.2, 0.25) is 0 Å². The van der Waals surface area contributed by atoms with Crippen LogP contribution in [0.15, 0.2) is 24.3 Å². The molecule has 1 aromatic rings. The molecule has 5 heteroatoms. The lowest BCUT2D eigenvalue weighted by atomic mass is 10.0. The largest absolute Gasteiger partial charge is 0.481 e. The van der Waals surface area contributed by atoms with Gasteiger partial charge in [0.15, 0.2) is 0 Å². The van der Waals surface area contributed by atoms with E-state index in [-0.39, 0.29) is 24.7 Å². The van der Waals surface area contributed by atoms with Gasteiger partial charge >= 0.3 is 5.97 Å². The van der Waals surface area contributed by atoms with Crippen molar-refractivity contribution < 1.29 is 14.7 Å². The molecule has 5 nitrogen and oxygen atoms in total. The molecule has 1 aromatic carbocycles. The molecule has 0 aliphatic heterocycles. The van der Waals surface area contributed by atoms with Gasteiger partial charge in [-0.05, 0) is 24.5 Å². The minimum atomic E-state index is -0.895. The van der Waals surface area contributed by atoms with Gasteiger partial charge in [-0.1, -0.05) is 25.1 Å². The molecule has 0 aliphatic rings. The van der Waals surface area contributed by atoms with Crippen molar-refractivity contribution in [2.24, 2.45) is 5.92 Å². The zero-order valence-electron chi connectivity index (χ0n) is 12.4. The van der Waals surface area contributed by atoms with Gasteiger partial charge in [-0.2, -0.15) is 5.26 Å². The number of hydrogen-bond donors (Lipinski definition) is 1. The number of nitriles is 1. The monoisotopic (exact) mass is 288 g/mol. The van der Waals surface area contributed by atoms with Crippen LogP contribution in [0.3, 0.4) is 0 Å². The minimum Gasteiger partial charge on any atom is -0.481 e. The lowest BCUT2D eigenvalue weighted by Gasteiger charge is -2.23. The van der Waals surface area contributed by atoms with Crippen molar-refractivity contribution in [3.63, 3.8) is 0 Å². The molecule has 1 amide bonds. The van der Waals surface area contributed by atoms with Gasteiger partial charge in [0, 0.05) is 25.9 Å². The summed E-state index contributed by atoms with van der Waals surface area (Å²) in [4.78, 5) is 24.5. The first-order valence-electron chi connectivity index (χ1n) is 6.95. The van der Waals surface area contributed by atoms with Crippen molar-refractivity contribution in [1.82, 2.24) is 4.90 Å². The van der Waals surface area contributed by atoms with E-state index in [1.54, 1.807) is 24.0 Å². The highest BCUT2D eigenvalue weighted by Gasteiger charge is 2.18. The Morgan fingerprint density at radius 3 is 2.57 bits per heavy atom. The number of hydrogen-bond acceptors (Lipinski definition) is 3. The van der Waals surface area contributed by atoms with Gasteiger partial charge in [0.05, 0.1) is 11.6 Å². The number of rotatable bonds is 7. The van der Waals surface area contributed by atoms with Crippen LogP contribution >= 0.6 is 0 Å². The van der Waals surface area contributed by atoms with Gasteiger partial charge in [-0.3, -0.25) is 9.59 Å².